The van der Waals surface area contributed by atoms with Crippen LogP contribution in [0.25, 0.3) is 0 Å². The first kappa shape index (κ1) is 12.4. The summed E-state index contributed by atoms with van der Waals surface area (Å²) >= 11 is 0. The monoisotopic (exact) mass is 234 g/mol. The summed E-state index contributed by atoms with van der Waals surface area (Å²) in [5, 5.41) is 9.04. The van der Waals surface area contributed by atoms with Crippen LogP contribution in [0.15, 0.2) is 24.3 Å². The lowest BCUT2D eigenvalue weighted by molar-refractivity contribution is 0.127. The van der Waals surface area contributed by atoms with Gasteiger partial charge >= 0.3 is 0 Å². The number of para-hydroxylation sites is 1. The molecule has 1 saturated carbocycles. The van der Waals surface area contributed by atoms with Crippen molar-refractivity contribution in [2.45, 2.75) is 45.1 Å². The van der Waals surface area contributed by atoms with Crippen molar-refractivity contribution >= 4 is 0 Å². The molecule has 17 heavy (non-hydrogen) atoms. The molecule has 1 aromatic carbocycles. The van der Waals surface area contributed by atoms with Gasteiger partial charge in [-0.3, -0.25) is 0 Å². The SMILES string of the molecule is CC1CCCC(Oc2ccccc2CCO)C1. The number of ether oxygens (including phenoxy) is 1. The van der Waals surface area contributed by atoms with E-state index in [2.05, 4.69) is 6.92 Å². The van der Waals surface area contributed by atoms with Gasteiger partial charge in [0.05, 0.1) is 6.10 Å². The summed E-state index contributed by atoms with van der Waals surface area (Å²) in [5.41, 5.74) is 1.12. The molecule has 0 radical (unpaired) electrons. The molecular formula is C15H22O2. The third-order valence-electron chi connectivity index (χ3n) is 3.54. The quantitative estimate of drug-likeness (QED) is 0.867. The average Bonchev–Trinajstić information content (AvgIpc) is 2.32. The summed E-state index contributed by atoms with van der Waals surface area (Å²) in [5.74, 6) is 1.74. The maximum atomic E-state index is 9.04. The Balaban J connectivity index is 2.01. The minimum Gasteiger partial charge on any atom is -0.490 e. The molecule has 0 spiro atoms. The van der Waals surface area contributed by atoms with Gasteiger partial charge in [-0.05, 0) is 43.2 Å². The Morgan fingerprint density at radius 2 is 2.12 bits per heavy atom. The predicted molar refractivity (Wildman–Crippen MR) is 69.3 cm³/mol. The molecule has 2 rings (SSSR count). The number of aliphatic hydroxyl groups excluding tert-OH is 1. The van der Waals surface area contributed by atoms with Crippen LogP contribution >= 0.6 is 0 Å². The zero-order valence-corrected chi connectivity index (χ0v) is 10.6. The molecule has 2 heteroatoms. The van der Waals surface area contributed by atoms with Crippen molar-refractivity contribution in [3.8, 4) is 5.75 Å². The Kier molecular flexibility index (Phi) is 4.43. The first-order chi connectivity index (χ1) is 8.29. The molecule has 0 heterocycles. The second kappa shape index (κ2) is 6.06. The highest BCUT2D eigenvalue weighted by atomic mass is 16.5. The van der Waals surface area contributed by atoms with E-state index in [4.69, 9.17) is 9.84 Å². The normalized spacial score (nSPS) is 24.6. The second-order valence-corrected chi connectivity index (χ2v) is 5.09. The maximum absolute atomic E-state index is 9.04. The van der Waals surface area contributed by atoms with Crippen molar-refractivity contribution in [1.29, 1.82) is 0 Å². The highest BCUT2D eigenvalue weighted by molar-refractivity contribution is 5.33. The Labute approximate surface area is 104 Å². The summed E-state index contributed by atoms with van der Waals surface area (Å²) < 4.78 is 6.10. The smallest absolute Gasteiger partial charge is 0.122 e. The molecule has 2 unspecified atom stereocenters. The lowest BCUT2D eigenvalue weighted by atomic mass is 9.88. The lowest BCUT2D eigenvalue weighted by Gasteiger charge is -2.28. The second-order valence-electron chi connectivity index (χ2n) is 5.09. The fraction of sp³-hybridized carbons (Fsp3) is 0.600. The molecule has 1 aromatic rings. The number of hydrogen-bond acceptors (Lipinski definition) is 2. The fourth-order valence-corrected chi connectivity index (χ4v) is 2.61. The van der Waals surface area contributed by atoms with Crippen molar-refractivity contribution in [3.05, 3.63) is 29.8 Å². The van der Waals surface area contributed by atoms with Gasteiger partial charge < -0.3 is 9.84 Å². The molecule has 0 bridgehead atoms. The predicted octanol–water partition coefficient (Wildman–Crippen LogP) is 3.18. The minimum atomic E-state index is 0.182. The molecule has 1 N–H and O–H groups in total. The van der Waals surface area contributed by atoms with Crippen LogP contribution in [0.4, 0.5) is 0 Å². The van der Waals surface area contributed by atoms with Gasteiger partial charge in [0, 0.05) is 6.61 Å². The van der Waals surface area contributed by atoms with Crippen LogP contribution in [0.2, 0.25) is 0 Å². The van der Waals surface area contributed by atoms with E-state index in [-0.39, 0.29) is 6.61 Å². The van der Waals surface area contributed by atoms with Crippen LogP contribution in [-0.2, 0) is 6.42 Å². The summed E-state index contributed by atoms with van der Waals surface area (Å²) in [6.45, 7) is 2.48. The number of aliphatic hydroxyl groups is 1. The molecular weight excluding hydrogens is 212 g/mol. The van der Waals surface area contributed by atoms with Crippen LogP contribution in [0.3, 0.4) is 0 Å². The van der Waals surface area contributed by atoms with Crippen molar-refractivity contribution in [2.24, 2.45) is 5.92 Å². The van der Waals surface area contributed by atoms with Crippen LogP contribution in [0.5, 0.6) is 5.75 Å². The lowest BCUT2D eigenvalue weighted by Crippen LogP contribution is -2.24. The van der Waals surface area contributed by atoms with Crippen LogP contribution in [-0.4, -0.2) is 17.8 Å². The minimum absolute atomic E-state index is 0.182. The first-order valence-corrected chi connectivity index (χ1v) is 6.65. The summed E-state index contributed by atoms with van der Waals surface area (Å²) in [6, 6.07) is 8.06. The molecule has 1 aliphatic rings. The van der Waals surface area contributed by atoms with Gasteiger partial charge in [0.25, 0.3) is 0 Å². The average molecular weight is 234 g/mol. The maximum Gasteiger partial charge on any atom is 0.122 e. The van der Waals surface area contributed by atoms with Crippen LogP contribution in [0.1, 0.15) is 38.2 Å². The zero-order chi connectivity index (χ0) is 12.1. The molecule has 1 fully saturated rings. The summed E-state index contributed by atoms with van der Waals surface area (Å²) in [7, 11) is 0. The Morgan fingerprint density at radius 3 is 2.88 bits per heavy atom. The van der Waals surface area contributed by atoms with Crippen molar-refractivity contribution < 1.29 is 9.84 Å². The van der Waals surface area contributed by atoms with Gasteiger partial charge in [0.1, 0.15) is 5.75 Å². The third kappa shape index (κ3) is 3.47. The Hall–Kier alpha value is -1.02. The largest absolute Gasteiger partial charge is 0.490 e. The van der Waals surface area contributed by atoms with E-state index in [0.717, 1.165) is 30.1 Å². The van der Waals surface area contributed by atoms with E-state index < -0.39 is 0 Å². The molecule has 2 atom stereocenters. The van der Waals surface area contributed by atoms with Gasteiger partial charge in [0.15, 0.2) is 0 Å². The van der Waals surface area contributed by atoms with Gasteiger partial charge in [-0.15, -0.1) is 0 Å². The zero-order valence-electron chi connectivity index (χ0n) is 10.6. The number of hydrogen-bond donors (Lipinski definition) is 1. The van der Waals surface area contributed by atoms with Gasteiger partial charge in [-0.2, -0.15) is 0 Å². The van der Waals surface area contributed by atoms with Crippen molar-refractivity contribution in [3.63, 3.8) is 0 Å². The molecule has 94 valence electrons. The summed E-state index contributed by atoms with van der Waals surface area (Å²) in [4.78, 5) is 0. The van der Waals surface area contributed by atoms with Gasteiger partial charge in [-0.1, -0.05) is 31.5 Å². The van der Waals surface area contributed by atoms with E-state index in [1.54, 1.807) is 0 Å². The van der Waals surface area contributed by atoms with E-state index in [1.165, 1.54) is 12.8 Å². The molecule has 0 amide bonds. The van der Waals surface area contributed by atoms with E-state index in [9.17, 15) is 0 Å². The van der Waals surface area contributed by atoms with Gasteiger partial charge in [0.2, 0.25) is 0 Å². The first-order valence-electron chi connectivity index (χ1n) is 6.65. The number of benzene rings is 1. The van der Waals surface area contributed by atoms with E-state index in [1.807, 2.05) is 24.3 Å². The molecule has 2 nitrogen and oxygen atoms in total. The van der Waals surface area contributed by atoms with E-state index >= 15 is 0 Å². The Bertz CT molecular complexity index is 349. The molecule has 1 aliphatic carbocycles. The number of rotatable bonds is 4. The Morgan fingerprint density at radius 1 is 1.29 bits per heavy atom. The molecule has 0 saturated heterocycles. The molecule has 0 aliphatic heterocycles. The molecule has 0 aromatic heterocycles. The highest BCUT2D eigenvalue weighted by Crippen LogP contribution is 2.29. The topological polar surface area (TPSA) is 29.5 Å². The van der Waals surface area contributed by atoms with Crippen molar-refractivity contribution in [2.75, 3.05) is 6.61 Å². The van der Waals surface area contributed by atoms with Crippen LogP contribution < -0.4 is 4.74 Å². The highest BCUT2D eigenvalue weighted by Gasteiger charge is 2.20. The standard InChI is InChI=1S/C15H22O2/c1-12-5-4-7-14(11-12)17-15-8-3-2-6-13(15)9-10-16/h2-3,6,8,12,14,16H,4-5,7,9-11H2,1H3. The summed E-state index contributed by atoms with van der Waals surface area (Å²) in [6.07, 6.45) is 5.97. The van der Waals surface area contributed by atoms with Gasteiger partial charge in [-0.25, -0.2) is 0 Å². The van der Waals surface area contributed by atoms with Crippen molar-refractivity contribution in [1.82, 2.24) is 0 Å². The third-order valence-corrected chi connectivity index (χ3v) is 3.54. The van der Waals surface area contributed by atoms with E-state index in [0.29, 0.717) is 12.5 Å². The fourth-order valence-electron chi connectivity index (χ4n) is 2.61. The van der Waals surface area contributed by atoms with Crippen LogP contribution in [0, 0.1) is 5.92 Å².